The third-order valence-electron chi connectivity index (χ3n) is 4.74. The van der Waals surface area contributed by atoms with Crippen LogP contribution >= 0.6 is 23.4 Å². The molecule has 0 spiro atoms. The second-order valence-corrected chi connectivity index (χ2v) is 7.92. The summed E-state index contributed by atoms with van der Waals surface area (Å²) in [4.78, 5) is 4.80. The highest BCUT2D eigenvalue weighted by Crippen LogP contribution is 2.46. The lowest BCUT2D eigenvalue weighted by Gasteiger charge is -2.33. The van der Waals surface area contributed by atoms with E-state index in [1.807, 2.05) is 36.4 Å². The number of nitrogens with one attached hydrogen (secondary N) is 1. The standard InChI is InChI=1S/C19H12ClF3N4S/c20-11-7-5-10(6-8-11)16-13-9-28-14-4-2-1-3-12(14)15(13)24-18-25-17(19(21,22)23)26-27(16)18/h1-8,16H,9H2,(H,24,25,26). The lowest BCUT2D eigenvalue weighted by atomic mass is 9.94. The lowest BCUT2D eigenvalue weighted by molar-refractivity contribution is -0.145. The predicted octanol–water partition coefficient (Wildman–Crippen LogP) is 5.48. The van der Waals surface area contributed by atoms with Gasteiger partial charge in [-0.3, -0.25) is 0 Å². The van der Waals surface area contributed by atoms with Crippen LogP contribution in [0.5, 0.6) is 0 Å². The summed E-state index contributed by atoms with van der Waals surface area (Å²) < 4.78 is 41.1. The zero-order chi connectivity index (χ0) is 19.5. The number of thioether (sulfide) groups is 1. The average molecular weight is 421 g/mol. The van der Waals surface area contributed by atoms with Crippen LogP contribution in [0.4, 0.5) is 19.1 Å². The second-order valence-electron chi connectivity index (χ2n) is 6.47. The summed E-state index contributed by atoms with van der Waals surface area (Å²) in [6, 6.07) is 14.4. The Labute approximate surface area is 167 Å². The first-order valence-electron chi connectivity index (χ1n) is 8.43. The van der Waals surface area contributed by atoms with Gasteiger partial charge in [0.1, 0.15) is 6.04 Å². The van der Waals surface area contributed by atoms with Crippen molar-refractivity contribution in [1.82, 2.24) is 14.8 Å². The summed E-state index contributed by atoms with van der Waals surface area (Å²) in [6.07, 6.45) is -4.62. The molecule has 9 heteroatoms. The van der Waals surface area contributed by atoms with E-state index in [-0.39, 0.29) is 5.95 Å². The molecule has 28 heavy (non-hydrogen) atoms. The fourth-order valence-electron chi connectivity index (χ4n) is 3.52. The van der Waals surface area contributed by atoms with Crippen LogP contribution in [-0.2, 0) is 6.18 Å². The van der Waals surface area contributed by atoms with E-state index in [0.717, 1.165) is 27.3 Å². The van der Waals surface area contributed by atoms with Crippen LogP contribution in [0.1, 0.15) is 23.0 Å². The molecule has 0 radical (unpaired) electrons. The van der Waals surface area contributed by atoms with Crippen molar-refractivity contribution in [2.45, 2.75) is 17.1 Å². The van der Waals surface area contributed by atoms with Crippen molar-refractivity contribution >= 4 is 35.0 Å². The first-order chi connectivity index (χ1) is 13.4. The molecule has 4 nitrogen and oxygen atoms in total. The summed E-state index contributed by atoms with van der Waals surface area (Å²) in [5, 5.41) is 7.44. The minimum absolute atomic E-state index is 0.0766. The molecule has 3 aromatic rings. The van der Waals surface area contributed by atoms with E-state index in [1.165, 1.54) is 4.68 Å². The van der Waals surface area contributed by atoms with Crippen LogP contribution < -0.4 is 5.32 Å². The fraction of sp³-hybridized carbons (Fsp3) is 0.158. The van der Waals surface area contributed by atoms with Gasteiger partial charge in [-0.15, -0.1) is 16.9 Å². The van der Waals surface area contributed by atoms with Gasteiger partial charge in [-0.25, -0.2) is 4.68 Å². The SMILES string of the molecule is FC(F)(F)c1nc2n(n1)C(c1ccc(Cl)cc1)C1=C(N2)c2ccccc2SC1. The van der Waals surface area contributed by atoms with Gasteiger partial charge >= 0.3 is 6.18 Å². The van der Waals surface area contributed by atoms with Crippen molar-refractivity contribution in [2.24, 2.45) is 0 Å². The quantitative estimate of drug-likeness (QED) is 0.566. The number of hydrogen-bond acceptors (Lipinski definition) is 4. The number of nitrogens with zero attached hydrogens (tertiary/aromatic N) is 3. The molecule has 2 aliphatic rings. The Morgan fingerprint density at radius 2 is 1.86 bits per heavy atom. The Morgan fingerprint density at radius 1 is 1.11 bits per heavy atom. The molecular formula is C19H12ClF3N4S. The molecule has 3 heterocycles. The van der Waals surface area contributed by atoms with Crippen molar-refractivity contribution in [2.75, 3.05) is 11.1 Å². The summed E-state index contributed by atoms with van der Waals surface area (Å²) >= 11 is 7.66. The Morgan fingerprint density at radius 3 is 2.61 bits per heavy atom. The summed E-state index contributed by atoms with van der Waals surface area (Å²) in [7, 11) is 0. The molecule has 0 aliphatic carbocycles. The Kier molecular flexibility index (Phi) is 3.96. The minimum Gasteiger partial charge on any atom is -0.324 e. The van der Waals surface area contributed by atoms with Crippen LogP contribution in [0.15, 0.2) is 59.0 Å². The molecule has 0 saturated heterocycles. The Hall–Kier alpha value is -2.45. The van der Waals surface area contributed by atoms with Gasteiger partial charge in [-0.2, -0.15) is 18.2 Å². The van der Waals surface area contributed by atoms with Gasteiger partial charge in [0.2, 0.25) is 5.95 Å². The van der Waals surface area contributed by atoms with Crippen molar-refractivity contribution in [3.05, 3.63) is 76.1 Å². The third kappa shape index (κ3) is 2.79. The second kappa shape index (κ2) is 6.28. The number of anilines is 1. The highest BCUT2D eigenvalue weighted by atomic mass is 35.5. The minimum atomic E-state index is -4.62. The Balaban J connectivity index is 1.73. The molecule has 1 N–H and O–H groups in total. The number of rotatable bonds is 1. The molecule has 5 rings (SSSR count). The largest absolute Gasteiger partial charge is 0.453 e. The zero-order valence-corrected chi connectivity index (χ0v) is 15.7. The smallest absolute Gasteiger partial charge is 0.324 e. The molecule has 2 aromatic carbocycles. The van der Waals surface area contributed by atoms with E-state index in [9.17, 15) is 13.2 Å². The molecule has 0 fully saturated rings. The first-order valence-corrected chi connectivity index (χ1v) is 9.79. The third-order valence-corrected chi connectivity index (χ3v) is 6.12. The molecule has 0 saturated carbocycles. The van der Waals surface area contributed by atoms with Crippen molar-refractivity contribution in [3.8, 4) is 0 Å². The maximum Gasteiger partial charge on any atom is 0.453 e. The van der Waals surface area contributed by atoms with Crippen LogP contribution in [0.2, 0.25) is 5.02 Å². The summed E-state index contributed by atoms with van der Waals surface area (Å²) in [5.74, 6) is -0.449. The maximum absolute atomic E-state index is 13.3. The van der Waals surface area contributed by atoms with E-state index >= 15 is 0 Å². The molecule has 2 aliphatic heterocycles. The highest BCUT2D eigenvalue weighted by molar-refractivity contribution is 7.99. The normalized spacial score (nSPS) is 18.2. The first kappa shape index (κ1) is 17.6. The summed E-state index contributed by atoms with van der Waals surface area (Å²) in [6.45, 7) is 0. The number of fused-ring (bicyclic) bond motifs is 3. The molecule has 1 unspecified atom stereocenters. The van der Waals surface area contributed by atoms with Crippen LogP contribution in [0, 0.1) is 0 Å². The van der Waals surface area contributed by atoms with E-state index in [2.05, 4.69) is 15.4 Å². The zero-order valence-electron chi connectivity index (χ0n) is 14.2. The molecule has 142 valence electrons. The number of hydrogen-bond donors (Lipinski definition) is 1. The topological polar surface area (TPSA) is 42.7 Å². The highest BCUT2D eigenvalue weighted by Gasteiger charge is 2.41. The monoisotopic (exact) mass is 420 g/mol. The van der Waals surface area contributed by atoms with E-state index in [1.54, 1.807) is 23.9 Å². The van der Waals surface area contributed by atoms with Crippen LogP contribution in [-0.4, -0.2) is 20.5 Å². The Bertz CT molecular complexity index is 1110. The van der Waals surface area contributed by atoms with Gasteiger partial charge in [0.05, 0.1) is 5.70 Å². The van der Waals surface area contributed by atoms with Crippen LogP contribution in [0.3, 0.4) is 0 Å². The van der Waals surface area contributed by atoms with E-state index in [0.29, 0.717) is 10.8 Å². The molecule has 0 bridgehead atoms. The van der Waals surface area contributed by atoms with Gasteiger partial charge in [0.25, 0.3) is 5.82 Å². The number of benzene rings is 2. The number of alkyl halides is 3. The van der Waals surface area contributed by atoms with Gasteiger partial charge in [0.15, 0.2) is 0 Å². The van der Waals surface area contributed by atoms with Crippen molar-refractivity contribution in [1.29, 1.82) is 0 Å². The molecule has 1 atom stereocenters. The van der Waals surface area contributed by atoms with Crippen LogP contribution in [0.25, 0.3) is 5.70 Å². The predicted molar refractivity (Wildman–Crippen MR) is 102 cm³/mol. The maximum atomic E-state index is 13.3. The average Bonchev–Trinajstić information content (AvgIpc) is 3.11. The fourth-order valence-corrected chi connectivity index (χ4v) is 4.76. The van der Waals surface area contributed by atoms with Gasteiger partial charge in [-0.1, -0.05) is 41.9 Å². The number of halogens is 4. The lowest BCUT2D eigenvalue weighted by Crippen LogP contribution is -2.27. The molecular weight excluding hydrogens is 409 g/mol. The van der Waals surface area contributed by atoms with Gasteiger partial charge < -0.3 is 5.32 Å². The molecule has 0 amide bonds. The van der Waals surface area contributed by atoms with Crippen molar-refractivity contribution < 1.29 is 13.2 Å². The van der Waals surface area contributed by atoms with E-state index < -0.39 is 18.0 Å². The number of aromatic nitrogens is 3. The summed E-state index contributed by atoms with van der Waals surface area (Å²) in [5.41, 5.74) is 3.51. The van der Waals surface area contributed by atoms with Gasteiger partial charge in [0, 0.05) is 21.2 Å². The van der Waals surface area contributed by atoms with E-state index in [4.69, 9.17) is 11.6 Å². The molecule has 1 aromatic heterocycles. The van der Waals surface area contributed by atoms with Crippen molar-refractivity contribution in [3.63, 3.8) is 0 Å². The van der Waals surface area contributed by atoms with Gasteiger partial charge in [-0.05, 0) is 29.3 Å².